The summed E-state index contributed by atoms with van der Waals surface area (Å²) in [7, 11) is 0. The second-order valence-corrected chi connectivity index (χ2v) is 5.87. The number of hydrogen-bond acceptors (Lipinski definition) is 2. The zero-order chi connectivity index (χ0) is 15.4. The molecule has 5 rings (SSSR count). The van der Waals surface area contributed by atoms with Gasteiger partial charge in [-0.25, -0.2) is 0 Å². The van der Waals surface area contributed by atoms with E-state index < -0.39 is 0 Å². The number of aryl methyl sites for hydroxylation is 1. The minimum atomic E-state index is 0.641. The molecule has 3 aromatic carbocycles. The first-order valence-corrected chi connectivity index (χ1v) is 7.66. The van der Waals surface area contributed by atoms with Crippen LogP contribution in [-0.2, 0) is 0 Å². The van der Waals surface area contributed by atoms with Gasteiger partial charge < -0.3 is 4.42 Å². The van der Waals surface area contributed by atoms with Crippen molar-refractivity contribution in [1.29, 1.82) is 0 Å². The smallest absolute Gasteiger partial charge is 0.307 e. The Morgan fingerprint density at radius 1 is 0.826 bits per heavy atom. The maximum atomic E-state index is 5.90. The van der Waals surface area contributed by atoms with Gasteiger partial charge in [0, 0.05) is 0 Å². The third-order valence-corrected chi connectivity index (χ3v) is 4.28. The standard InChI is InChI=1S/C20H14N2O/c1-13-5-4-6-14(11-13)15-9-10-19-18(12-15)22-17-8-3-2-7-16(17)21-20(22)23-19/h2-12H,1H3. The van der Waals surface area contributed by atoms with Crippen molar-refractivity contribution in [3.05, 3.63) is 72.3 Å². The van der Waals surface area contributed by atoms with Crippen LogP contribution in [-0.4, -0.2) is 9.38 Å². The Morgan fingerprint density at radius 3 is 2.61 bits per heavy atom. The number of para-hydroxylation sites is 2. The first-order chi connectivity index (χ1) is 11.3. The molecule has 3 nitrogen and oxygen atoms in total. The molecule has 2 heterocycles. The van der Waals surface area contributed by atoms with Crippen molar-refractivity contribution in [2.75, 3.05) is 0 Å². The van der Waals surface area contributed by atoms with Gasteiger partial charge in [-0.3, -0.25) is 4.40 Å². The molecule has 0 aliphatic carbocycles. The second kappa shape index (κ2) is 4.46. The first kappa shape index (κ1) is 12.5. The van der Waals surface area contributed by atoms with Crippen LogP contribution in [0.2, 0.25) is 0 Å². The topological polar surface area (TPSA) is 30.4 Å². The average Bonchev–Trinajstić information content (AvgIpc) is 3.09. The third-order valence-electron chi connectivity index (χ3n) is 4.28. The van der Waals surface area contributed by atoms with Crippen molar-refractivity contribution >= 4 is 28.0 Å². The van der Waals surface area contributed by atoms with E-state index in [0.717, 1.165) is 22.1 Å². The van der Waals surface area contributed by atoms with Crippen LogP contribution in [0.5, 0.6) is 0 Å². The molecule has 0 saturated heterocycles. The van der Waals surface area contributed by atoms with Crippen LogP contribution in [0.3, 0.4) is 0 Å². The summed E-state index contributed by atoms with van der Waals surface area (Å²) in [5.74, 6) is 0.641. The average molecular weight is 298 g/mol. The van der Waals surface area contributed by atoms with E-state index in [9.17, 15) is 0 Å². The molecule has 3 heteroatoms. The van der Waals surface area contributed by atoms with Crippen LogP contribution in [0.4, 0.5) is 0 Å². The highest BCUT2D eigenvalue weighted by Gasteiger charge is 2.13. The van der Waals surface area contributed by atoms with E-state index in [0.29, 0.717) is 5.84 Å². The lowest BCUT2D eigenvalue weighted by Crippen LogP contribution is -1.83. The molecule has 2 aromatic heterocycles. The summed E-state index contributed by atoms with van der Waals surface area (Å²) in [6.45, 7) is 2.11. The van der Waals surface area contributed by atoms with E-state index in [1.165, 1.54) is 16.7 Å². The third kappa shape index (κ3) is 1.80. The van der Waals surface area contributed by atoms with Gasteiger partial charge >= 0.3 is 5.84 Å². The van der Waals surface area contributed by atoms with Gasteiger partial charge in [0.25, 0.3) is 0 Å². The van der Waals surface area contributed by atoms with Crippen molar-refractivity contribution in [3.63, 3.8) is 0 Å². The molecule has 0 bridgehead atoms. The fourth-order valence-electron chi connectivity index (χ4n) is 3.19. The normalized spacial score (nSPS) is 11.7. The van der Waals surface area contributed by atoms with Crippen LogP contribution in [0.15, 0.2) is 71.1 Å². The number of rotatable bonds is 1. The molecule has 0 radical (unpaired) electrons. The van der Waals surface area contributed by atoms with Gasteiger partial charge in [-0.15, -0.1) is 0 Å². The predicted octanol–water partition coefficient (Wildman–Crippen LogP) is 5.21. The largest absolute Gasteiger partial charge is 0.423 e. The van der Waals surface area contributed by atoms with Crippen LogP contribution in [0.25, 0.3) is 39.1 Å². The molecule has 0 saturated carbocycles. The fourth-order valence-corrected chi connectivity index (χ4v) is 3.19. The zero-order valence-electron chi connectivity index (χ0n) is 12.7. The fraction of sp³-hybridized carbons (Fsp3) is 0.0500. The van der Waals surface area contributed by atoms with Gasteiger partial charge in [-0.1, -0.05) is 48.0 Å². The molecule has 0 unspecified atom stereocenters. The predicted molar refractivity (Wildman–Crippen MR) is 92.6 cm³/mol. The molecule has 0 amide bonds. The number of nitrogens with zero attached hydrogens (tertiary/aromatic N) is 2. The lowest BCUT2D eigenvalue weighted by Gasteiger charge is -2.03. The maximum absolute atomic E-state index is 5.90. The first-order valence-electron chi connectivity index (χ1n) is 7.66. The van der Waals surface area contributed by atoms with Crippen LogP contribution < -0.4 is 0 Å². The Hall–Kier alpha value is -3.07. The van der Waals surface area contributed by atoms with Crippen LogP contribution in [0.1, 0.15) is 5.56 Å². The molecular formula is C20H14N2O. The maximum Gasteiger partial charge on any atom is 0.307 e. The summed E-state index contributed by atoms with van der Waals surface area (Å²) in [4.78, 5) is 4.57. The van der Waals surface area contributed by atoms with Gasteiger partial charge in [0.15, 0.2) is 5.58 Å². The summed E-state index contributed by atoms with van der Waals surface area (Å²) >= 11 is 0. The minimum absolute atomic E-state index is 0.641. The van der Waals surface area contributed by atoms with Gasteiger partial charge in [0.1, 0.15) is 0 Å². The summed E-state index contributed by atoms with van der Waals surface area (Å²) in [6.07, 6.45) is 0. The second-order valence-electron chi connectivity index (χ2n) is 5.87. The van der Waals surface area contributed by atoms with Gasteiger partial charge in [-0.05, 0) is 42.3 Å². The summed E-state index contributed by atoms with van der Waals surface area (Å²) in [5.41, 5.74) is 7.58. The molecular weight excluding hydrogens is 284 g/mol. The van der Waals surface area contributed by atoms with Crippen molar-refractivity contribution in [3.8, 4) is 11.1 Å². The van der Waals surface area contributed by atoms with Crippen LogP contribution in [0, 0.1) is 6.92 Å². The number of fused-ring (bicyclic) bond motifs is 5. The van der Waals surface area contributed by atoms with E-state index in [1.54, 1.807) is 0 Å². The van der Waals surface area contributed by atoms with Gasteiger partial charge in [-0.2, -0.15) is 4.98 Å². The molecule has 0 aliphatic heterocycles. The molecule has 0 spiro atoms. The molecule has 0 fully saturated rings. The van der Waals surface area contributed by atoms with E-state index >= 15 is 0 Å². The Morgan fingerprint density at radius 2 is 1.70 bits per heavy atom. The van der Waals surface area contributed by atoms with E-state index in [2.05, 4.69) is 58.8 Å². The molecule has 0 N–H and O–H groups in total. The van der Waals surface area contributed by atoms with Crippen molar-refractivity contribution < 1.29 is 4.42 Å². The zero-order valence-corrected chi connectivity index (χ0v) is 12.7. The Labute approximate surface area is 132 Å². The van der Waals surface area contributed by atoms with Gasteiger partial charge in [0.05, 0.1) is 16.6 Å². The lowest BCUT2D eigenvalue weighted by atomic mass is 10.0. The number of aromatic nitrogens is 2. The quantitative estimate of drug-likeness (QED) is 0.425. The van der Waals surface area contributed by atoms with Gasteiger partial charge in [0.2, 0.25) is 0 Å². The monoisotopic (exact) mass is 298 g/mol. The lowest BCUT2D eigenvalue weighted by molar-refractivity contribution is 0.643. The highest BCUT2D eigenvalue weighted by atomic mass is 16.4. The van der Waals surface area contributed by atoms with Crippen molar-refractivity contribution in [2.24, 2.45) is 0 Å². The van der Waals surface area contributed by atoms with E-state index in [4.69, 9.17) is 4.42 Å². The van der Waals surface area contributed by atoms with E-state index in [-0.39, 0.29) is 0 Å². The summed E-state index contributed by atoms with van der Waals surface area (Å²) in [5, 5.41) is 0. The van der Waals surface area contributed by atoms with E-state index in [1.807, 2.05) is 24.3 Å². The highest BCUT2D eigenvalue weighted by molar-refractivity contribution is 5.90. The SMILES string of the molecule is Cc1cccc(-c2ccc3oc4nc5ccccc5n4c3c2)c1. The number of hydrogen-bond donors (Lipinski definition) is 0. The number of imidazole rings is 1. The molecule has 110 valence electrons. The van der Waals surface area contributed by atoms with Crippen molar-refractivity contribution in [1.82, 2.24) is 9.38 Å². The molecule has 5 aromatic rings. The highest BCUT2D eigenvalue weighted by Crippen LogP contribution is 2.29. The number of oxazole rings is 1. The molecule has 0 atom stereocenters. The Balaban J connectivity index is 1.85. The molecule has 23 heavy (non-hydrogen) atoms. The van der Waals surface area contributed by atoms with Crippen molar-refractivity contribution in [2.45, 2.75) is 6.92 Å². The summed E-state index contributed by atoms with van der Waals surface area (Å²) in [6, 6.07) is 22.9. The summed E-state index contributed by atoms with van der Waals surface area (Å²) < 4.78 is 7.99. The molecule has 0 aliphatic rings. The van der Waals surface area contributed by atoms with Crippen LogP contribution >= 0.6 is 0 Å². The number of benzene rings is 3. The minimum Gasteiger partial charge on any atom is -0.423 e. The Bertz CT molecular complexity index is 1180. The Kier molecular flexibility index (Phi) is 2.42.